The van der Waals surface area contributed by atoms with Crippen LogP contribution in [0.4, 0.5) is 13.2 Å². The molecule has 1 N–H and O–H groups in total. The predicted molar refractivity (Wildman–Crippen MR) is 71.4 cm³/mol. The molecular formula is C14H15F3N2O2. The first-order valence-electron chi connectivity index (χ1n) is 6.47. The van der Waals surface area contributed by atoms with E-state index in [2.05, 4.69) is 5.10 Å². The number of aromatic amines is 1. The second kappa shape index (κ2) is 6.07. The summed E-state index contributed by atoms with van der Waals surface area (Å²) in [5, 5.41) is 5.69. The minimum absolute atomic E-state index is 0.185. The van der Waals surface area contributed by atoms with Crippen molar-refractivity contribution in [1.29, 1.82) is 0 Å². The number of alkyl halides is 3. The van der Waals surface area contributed by atoms with Crippen LogP contribution < -0.4 is 9.47 Å². The highest BCUT2D eigenvalue weighted by molar-refractivity contribution is 5.64. The number of ether oxygens (including phenoxy) is 2. The van der Waals surface area contributed by atoms with Crippen molar-refractivity contribution in [2.75, 3.05) is 13.2 Å². The Kier molecular flexibility index (Phi) is 4.40. The van der Waals surface area contributed by atoms with Gasteiger partial charge in [-0.15, -0.1) is 0 Å². The molecule has 0 fully saturated rings. The second-order valence-electron chi connectivity index (χ2n) is 4.22. The van der Waals surface area contributed by atoms with Gasteiger partial charge in [-0.1, -0.05) is 0 Å². The lowest BCUT2D eigenvalue weighted by atomic mass is 10.1. The van der Waals surface area contributed by atoms with Crippen molar-refractivity contribution in [1.82, 2.24) is 10.2 Å². The lowest BCUT2D eigenvalue weighted by Crippen LogP contribution is -2.04. The van der Waals surface area contributed by atoms with Crippen LogP contribution in [0.25, 0.3) is 11.3 Å². The molecule has 0 aliphatic heterocycles. The molecule has 0 unspecified atom stereocenters. The van der Waals surface area contributed by atoms with E-state index in [1.165, 1.54) is 0 Å². The molecule has 0 saturated carbocycles. The minimum atomic E-state index is -4.45. The largest absolute Gasteiger partial charge is 0.494 e. The number of aromatic nitrogens is 2. The van der Waals surface area contributed by atoms with Crippen molar-refractivity contribution in [3.8, 4) is 22.8 Å². The molecule has 1 aromatic heterocycles. The van der Waals surface area contributed by atoms with Crippen LogP contribution in [0.3, 0.4) is 0 Å². The average molecular weight is 300 g/mol. The van der Waals surface area contributed by atoms with E-state index in [1.807, 2.05) is 18.9 Å². The molecule has 0 saturated heterocycles. The Morgan fingerprint density at radius 3 is 2.00 bits per heavy atom. The number of H-pyrrole nitrogens is 1. The zero-order valence-corrected chi connectivity index (χ0v) is 11.6. The second-order valence-corrected chi connectivity index (χ2v) is 4.22. The Balaban J connectivity index is 2.39. The van der Waals surface area contributed by atoms with Gasteiger partial charge in [-0.25, -0.2) is 0 Å². The average Bonchev–Trinajstić information content (AvgIpc) is 2.88. The molecule has 7 heteroatoms. The number of benzene rings is 1. The van der Waals surface area contributed by atoms with Crippen molar-refractivity contribution in [3.05, 3.63) is 30.0 Å². The summed E-state index contributed by atoms with van der Waals surface area (Å²) in [4.78, 5) is 0. The Hall–Kier alpha value is -2.18. The summed E-state index contributed by atoms with van der Waals surface area (Å²) in [5.74, 6) is 1.05. The number of hydrogen-bond acceptors (Lipinski definition) is 3. The van der Waals surface area contributed by atoms with E-state index in [9.17, 15) is 13.2 Å². The zero-order valence-electron chi connectivity index (χ0n) is 11.6. The van der Waals surface area contributed by atoms with Gasteiger partial charge in [-0.2, -0.15) is 18.3 Å². The molecule has 114 valence electrons. The van der Waals surface area contributed by atoms with Crippen molar-refractivity contribution < 1.29 is 22.6 Å². The van der Waals surface area contributed by atoms with Crippen LogP contribution in [-0.2, 0) is 6.18 Å². The van der Waals surface area contributed by atoms with Gasteiger partial charge < -0.3 is 9.47 Å². The molecule has 2 aromatic rings. The first-order valence-corrected chi connectivity index (χ1v) is 6.47. The first kappa shape index (κ1) is 15.2. The summed E-state index contributed by atoms with van der Waals surface area (Å²) in [6.45, 7) is 4.54. The van der Waals surface area contributed by atoms with E-state index in [0.29, 0.717) is 30.3 Å². The Bertz CT molecular complexity index is 584. The molecule has 0 atom stereocenters. The van der Waals surface area contributed by atoms with Gasteiger partial charge in [0.25, 0.3) is 0 Å². The molecule has 0 spiro atoms. The molecule has 21 heavy (non-hydrogen) atoms. The lowest BCUT2D eigenvalue weighted by Gasteiger charge is -2.09. The zero-order chi connectivity index (χ0) is 15.5. The Morgan fingerprint density at radius 2 is 1.57 bits per heavy atom. The highest BCUT2D eigenvalue weighted by Crippen LogP contribution is 2.33. The van der Waals surface area contributed by atoms with Crippen LogP contribution in [0.15, 0.2) is 24.3 Å². The van der Waals surface area contributed by atoms with Crippen molar-refractivity contribution in [2.45, 2.75) is 20.0 Å². The molecule has 0 aliphatic carbocycles. The van der Waals surface area contributed by atoms with E-state index >= 15 is 0 Å². The van der Waals surface area contributed by atoms with Crippen LogP contribution in [0.1, 0.15) is 19.5 Å². The number of rotatable bonds is 5. The fourth-order valence-corrected chi connectivity index (χ4v) is 1.83. The molecule has 4 nitrogen and oxygen atoms in total. The normalized spacial score (nSPS) is 11.5. The fourth-order valence-electron chi connectivity index (χ4n) is 1.83. The first-order chi connectivity index (χ1) is 9.94. The minimum Gasteiger partial charge on any atom is -0.494 e. The molecule has 2 rings (SSSR count). The number of hydrogen-bond donors (Lipinski definition) is 1. The molecule has 1 aromatic carbocycles. The molecule has 0 aliphatic rings. The third-order valence-electron chi connectivity index (χ3n) is 2.68. The molecule has 1 heterocycles. The van der Waals surface area contributed by atoms with Crippen LogP contribution in [0, 0.1) is 0 Å². The highest BCUT2D eigenvalue weighted by atomic mass is 19.4. The number of nitrogens with zero attached hydrogens (tertiary/aromatic N) is 1. The summed E-state index contributed by atoms with van der Waals surface area (Å²) in [6, 6.07) is 5.90. The Labute approximate surface area is 119 Å². The van der Waals surface area contributed by atoms with Crippen LogP contribution >= 0.6 is 0 Å². The predicted octanol–water partition coefficient (Wildman–Crippen LogP) is 3.89. The number of nitrogens with one attached hydrogen (secondary N) is 1. The third kappa shape index (κ3) is 3.68. The van der Waals surface area contributed by atoms with E-state index < -0.39 is 11.9 Å². The maximum atomic E-state index is 12.6. The highest BCUT2D eigenvalue weighted by Gasteiger charge is 2.33. The van der Waals surface area contributed by atoms with Gasteiger partial charge in [0, 0.05) is 11.6 Å². The summed E-state index contributed by atoms with van der Waals surface area (Å²) >= 11 is 0. The monoisotopic (exact) mass is 300 g/mol. The van der Waals surface area contributed by atoms with Gasteiger partial charge in [0.15, 0.2) is 0 Å². The summed E-state index contributed by atoms with van der Waals surface area (Å²) in [7, 11) is 0. The van der Waals surface area contributed by atoms with E-state index in [1.54, 1.807) is 18.2 Å². The smallest absolute Gasteiger partial charge is 0.432 e. The quantitative estimate of drug-likeness (QED) is 0.911. The molecule has 0 amide bonds. The van der Waals surface area contributed by atoms with Gasteiger partial charge in [-0.05, 0) is 32.0 Å². The summed E-state index contributed by atoms with van der Waals surface area (Å²) < 4.78 is 48.6. The van der Waals surface area contributed by atoms with Gasteiger partial charge in [0.05, 0.1) is 18.9 Å². The van der Waals surface area contributed by atoms with E-state index in [0.717, 1.165) is 6.07 Å². The maximum Gasteiger partial charge on any atom is 0.432 e. The summed E-state index contributed by atoms with van der Waals surface area (Å²) in [6.07, 6.45) is -4.45. The van der Waals surface area contributed by atoms with Gasteiger partial charge >= 0.3 is 6.18 Å². The van der Waals surface area contributed by atoms with E-state index in [4.69, 9.17) is 9.47 Å². The number of halogens is 3. The summed E-state index contributed by atoms with van der Waals surface area (Å²) in [5.41, 5.74) is -0.210. The van der Waals surface area contributed by atoms with Crippen LogP contribution in [-0.4, -0.2) is 23.4 Å². The van der Waals surface area contributed by atoms with Gasteiger partial charge in [0.2, 0.25) is 0 Å². The SMILES string of the molecule is CCOc1cc(OCC)cc(-c2cc(C(F)(F)F)[nH]n2)c1. The standard InChI is InChI=1S/C14H15F3N2O2/c1-3-20-10-5-9(6-11(7-10)21-4-2)12-8-13(19-18-12)14(15,16)17/h5-8H,3-4H2,1-2H3,(H,18,19). The molecule has 0 bridgehead atoms. The van der Waals surface area contributed by atoms with Gasteiger partial charge in [0.1, 0.15) is 17.2 Å². The van der Waals surface area contributed by atoms with E-state index in [-0.39, 0.29) is 5.69 Å². The molecular weight excluding hydrogens is 285 g/mol. The van der Waals surface area contributed by atoms with Crippen LogP contribution in [0.5, 0.6) is 11.5 Å². The van der Waals surface area contributed by atoms with Crippen molar-refractivity contribution >= 4 is 0 Å². The van der Waals surface area contributed by atoms with Gasteiger partial charge in [-0.3, -0.25) is 5.10 Å². The molecule has 0 radical (unpaired) electrons. The fraction of sp³-hybridized carbons (Fsp3) is 0.357. The Morgan fingerprint density at radius 1 is 1.00 bits per heavy atom. The van der Waals surface area contributed by atoms with Crippen molar-refractivity contribution in [2.24, 2.45) is 0 Å². The van der Waals surface area contributed by atoms with Crippen molar-refractivity contribution in [3.63, 3.8) is 0 Å². The topological polar surface area (TPSA) is 47.1 Å². The van der Waals surface area contributed by atoms with Crippen LogP contribution in [0.2, 0.25) is 0 Å². The third-order valence-corrected chi connectivity index (χ3v) is 2.68. The lowest BCUT2D eigenvalue weighted by molar-refractivity contribution is -0.141. The maximum absolute atomic E-state index is 12.6.